The first-order chi connectivity index (χ1) is 16.2. The van der Waals surface area contributed by atoms with Crippen LogP contribution in [0.4, 0.5) is 11.5 Å². The molecule has 0 fully saturated rings. The summed E-state index contributed by atoms with van der Waals surface area (Å²) in [5, 5.41) is 3.38. The van der Waals surface area contributed by atoms with Gasteiger partial charge in [-0.1, -0.05) is 12.1 Å². The fraction of sp³-hybridized carbons (Fsp3) is 0.280. The maximum Gasteiger partial charge on any atom is 0.140 e. The molecule has 0 aliphatic heterocycles. The van der Waals surface area contributed by atoms with E-state index in [0.29, 0.717) is 13.0 Å². The molecule has 1 N–H and O–H groups in total. The number of hydrogen-bond acceptors (Lipinski definition) is 7. The van der Waals surface area contributed by atoms with Gasteiger partial charge in [-0.2, -0.15) is 0 Å². The van der Waals surface area contributed by atoms with E-state index in [9.17, 15) is 4.79 Å². The molecular weight excluding hydrogens is 416 g/mol. The van der Waals surface area contributed by atoms with Crippen LogP contribution in [0.2, 0.25) is 0 Å². The van der Waals surface area contributed by atoms with E-state index in [4.69, 9.17) is 4.74 Å². The molecular formula is C25H28N6O2. The SMILES string of the molecule is COc1ccn2c(-c3cc(NCc4ccc(N(C)CCCCC=O)cc4)ncn3)cnc2c1. The molecule has 8 heteroatoms. The zero-order valence-corrected chi connectivity index (χ0v) is 18.9. The standard InChI is InChI=1S/C25H28N6O2/c1-30(11-4-3-5-13-32)20-8-6-19(7-9-20)16-26-24-15-22(28-18-29-24)23-17-27-25-14-21(33-2)10-12-31(23)25/h6-10,12-15,17-18H,3-5,11,16H2,1-2H3,(H,26,28,29). The van der Waals surface area contributed by atoms with E-state index >= 15 is 0 Å². The number of imidazole rings is 1. The number of rotatable bonds is 11. The van der Waals surface area contributed by atoms with Crippen LogP contribution in [0, 0.1) is 0 Å². The van der Waals surface area contributed by atoms with Crippen LogP contribution in [0.25, 0.3) is 17.0 Å². The molecule has 0 saturated carbocycles. The number of unbranched alkanes of at least 4 members (excludes halogenated alkanes) is 2. The van der Waals surface area contributed by atoms with Crippen LogP contribution in [0.5, 0.6) is 5.75 Å². The summed E-state index contributed by atoms with van der Waals surface area (Å²) < 4.78 is 7.25. The van der Waals surface area contributed by atoms with Gasteiger partial charge in [0.2, 0.25) is 0 Å². The number of pyridine rings is 1. The summed E-state index contributed by atoms with van der Waals surface area (Å²) in [4.78, 5) is 25.9. The Kier molecular flexibility index (Phi) is 7.14. The van der Waals surface area contributed by atoms with Gasteiger partial charge in [0.25, 0.3) is 0 Å². The van der Waals surface area contributed by atoms with Crippen molar-refractivity contribution >= 4 is 23.4 Å². The van der Waals surface area contributed by atoms with Crippen LogP contribution in [-0.4, -0.2) is 46.3 Å². The quantitative estimate of drug-likeness (QED) is 0.274. The summed E-state index contributed by atoms with van der Waals surface area (Å²) >= 11 is 0. The highest BCUT2D eigenvalue weighted by molar-refractivity contribution is 5.63. The lowest BCUT2D eigenvalue weighted by Crippen LogP contribution is -2.18. The largest absolute Gasteiger partial charge is 0.497 e. The monoisotopic (exact) mass is 444 g/mol. The molecule has 3 aromatic heterocycles. The maximum atomic E-state index is 10.4. The molecule has 0 spiro atoms. The summed E-state index contributed by atoms with van der Waals surface area (Å²) in [6.45, 7) is 1.59. The van der Waals surface area contributed by atoms with Gasteiger partial charge in [0.15, 0.2) is 0 Å². The van der Waals surface area contributed by atoms with Crippen molar-refractivity contribution in [3.8, 4) is 17.1 Å². The second-order valence-corrected chi connectivity index (χ2v) is 7.83. The number of nitrogens with one attached hydrogen (secondary N) is 1. The third-order valence-electron chi connectivity index (χ3n) is 5.57. The summed E-state index contributed by atoms with van der Waals surface area (Å²) in [7, 11) is 3.72. The lowest BCUT2D eigenvalue weighted by atomic mass is 10.2. The first-order valence-electron chi connectivity index (χ1n) is 11.0. The predicted octanol–water partition coefficient (Wildman–Crippen LogP) is 4.22. The number of carbonyl (C=O) groups excluding carboxylic acids is 1. The number of anilines is 2. The van der Waals surface area contributed by atoms with Gasteiger partial charge in [0, 0.05) is 50.6 Å². The number of fused-ring (bicyclic) bond motifs is 1. The Balaban J connectivity index is 1.39. The number of ether oxygens (including phenoxy) is 1. The van der Waals surface area contributed by atoms with Crippen LogP contribution in [0.1, 0.15) is 24.8 Å². The average Bonchev–Trinajstić information content (AvgIpc) is 3.29. The van der Waals surface area contributed by atoms with E-state index in [2.05, 4.69) is 56.5 Å². The number of benzene rings is 1. The Labute approximate surface area is 193 Å². The second-order valence-electron chi connectivity index (χ2n) is 7.83. The Hall–Kier alpha value is -3.94. The zero-order chi connectivity index (χ0) is 23.0. The predicted molar refractivity (Wildman–Crippen MR) is 130 cm³/mol. The molecule has 8 nitrogen and oxygen atoms in total. The molecule has 170 valence electrons. The van der Waals surface area contributed by atoms with Gasteiger partial charge in [-0.3, -0.25) is 4.40 Å². The number of hydrogen-bond donors (Lipinski definition) is 1. The van der Waals surface area contributed by atoms with Gasteiger partial charge in [-0.05, 0) is 36.6 Å². The van der Waals surface area contributed by atoms with Crippen molar-refractivity contribution in [2.75, 3.05) is 30.9 Å². The van der Waals surface area contributed by atoms with E-state index in [1.165, 1.54) is 5.69 Å². The van der Waals surface area contributed by atoms with Crippen LogP contribution >= 0.6 is 0 Å². The first-order valence-corrected chi connectivity index (χ1v) is 11.0. The number of carbonyl (C=O) groups is 1. The highest BCUT2D eigenvalue weighted by atomic mass is 16.5. The van der Waals surface area contributed by atoms with Crippen LogP contribution in [-0.2, 0) is 11.3 Å². The third-order valence-corrected chi connectivity index (χ3v) is 5.57. The Morgan fingerprint density at radius 3 is 2.73 bits per heavy atom. The van der Waals surface area contributed by atoms with E-state index in [-0.39, 0.29) is 0 Å². The number of nitrogens with zero attached hydrogens (tertiary/aromatic N) is 5. The van der Waals surface area contributed by atoms with Crippen molar-refractivity contribution in [1.82, 2.24) is 19.4 Å². The van der Waals surface area contributed by atoms with Crippen molar-refractivity contribution in [3.05, 3.63) is 66.7 Å². The molecule has 0 radical (unpaired) electrons. The molecule has 4 rings (SSSR count). The van der Waals surface area contributed by atoms with Crippen molar-refractivity contribution in [2.45, 2.75) is 25.8 Å². The third kappa shape index (κ3) is 5.46. The smallest absolute Gasteiger partial charge is 0.140 e. The summed E-state index contributed by atoms with van der Waals surface area (Å²) in [5.41, 5.74) is 4.80. The fourth-order valence-electron chi connectivity index (χ4n) is 3.64. The number of aromatic nitrogens is 4. The van der Waals surface area contributed by atoms with Crippen LogP contribution in [0.3, 0.4) is 0 Å². The highest BCUT2D eigenvalue weighted by Gasteiger charge is 2.09. The van der Waals surface area contributed by atoms with Crippen molar-refractivity contribution < 1.29 is 9.53 Å². The van der Waals surface area contributed by atoms with Gasteiger partial charge in [0.05, 0.1) is 24.7 Å². The minimum atomic E-state index is 0.634. The number of methoxy groups -OCH3 is 1. The first kappa shape index (κ1) is 22.3. The average molecular weight is 445 g/mol. The second kappa shape index (κ2) is 10.6. The molecule has 0 unspecified atom stereocenters. The van der Waals surface area contributed by atoms with Gasteiger partial charge in [-0.15, -0.1) is 0 Å². The zero-order valence-electron chi connectivity index (χ0n) is 18.9. The highest BCUT2D eigenvalue weighted by Crippen LogP contribution is 2.23. The molecule has 4 aromatic rings. The summed E-state index contributed by atoms with van der Waals surface area (Å²) in [5.74, 6) is 1.51. The molecule has 33 heavy (non-hydrogen) atoms. The Bertz CT molecular complexity index is 1210. The van der Waals surface area contributed by atoms with E-state index in [1.54, 1.807) is 19.6 Å². The van der Waals surface area contributed by atoms with E-state index in [0.717, 1.165) is 59.8 Å². The number of aldehydes is 1. The van der Waals surface area contributed by atoms with Crippen molar-refractivity contribution in [2.24, 2.45) is 0 Å². The minimum absolute atomic E-state index is 0.634. The normalized spacial score (nSPS) is 10.8. The van der Waals surface area contributed by atoms with E-state index in [1.807, 2.05) is 28.8 Å². The molecule has 0 aliphatic carbocycles. The summed E-state index contributed by atoms with van der Waals surface area (Å²) in [6, 6.07) is 14.2. The van der Waals surface area contributed by atoms with Gasteiger partial charge >= 0.3 is 0 Å². The molecule has 0 saturated heterocycles. The summed E-state index contributed by atoms with van der Waals surface area (Å²) in [6.07, 6.45) is 8.84. The van der Waals surface area contributed by atoms with Crippen molar-refractivity contribution in [3.63, 3.8) is 0 Å². The minimum Gasteiger partial charge on any atom is -0.497 e. The molecule has 0 bridgehead atoms. The molecule has 1 aromatic carbocycles. The molecule has 3 heterocycles. The van der Waals surface area contributed by atoms with Crippen LogP contribution in [0.15, 0.2) is 61.2 Å². The van der Waals surface area contributed by atoms with Crippen LogP contribution < -0.4 is 15.0 Å². The topological polar surface area (TPSA) is 84.7 Å². The molecule has 0 aliphatic rings. The van der Waals surface area contributed by atoms with Gasteiger partial charge in [0.1, 0.15) is 29.8 Å². The molecule has 0 atom stereocenters. The Morgan fingerprint density at radius 1 is 1.09 bits per heavy atom. The Morgan fingerprint density at radius 2 is 1.94 bits per heavy atom. The molecule has 0 amide bonds. The van der Waals surface area contributed by atoms with Crippen molar-refractivity contribution in [1.29, 1.82) is 0 Å². The lowest BCUT2D eigenvalue weighted by Gasteiger charge is -2.19. The van der Waals surface area contributed by atoms with Gasteiger partial charge < -0.3 is 19.7 Å². The van der Waals surface area contributed by atoms with Gasteiger partial charge in [-0.25, -0.2) is 15.0 Å². The lowest BCUT2D eigenvalue weighted by molar-refractivity contribution is -0.107. The fourth-order valence-corrected chi connectivity index (χ4v) is 3.64. The maximum absolute atomic E-state index is 10.4. The van der Waals surface area contributed by atoms with E-state index < -0.39 is 0 Å².